The summed E-state index contributed by atoms with van der Waals surface area (Å²) < 4.78 is 2.22. The zero-order chi connectivity index (χ0) is 18.5. The molecule has 0 aliphatic heterocycles. The van der Waals surface area contributed by atoms with Crippen molar-refractivity contribution in [2.75, 3.05) is 0 Å². The van der Waals surface area contributed by atoms with Crippen LogP contribution < -0.4 is 5.32 Å². The number of amides is 1. The molecule has 4 heteroatoms. The quantitative estimate of drug-likeness (QED) is 0.643. The van der Waals surface area contributed by atoms with Crippen LogP contribution in [0, 0.1) is 0 Å². The Balaban J connectivity index is 1.82. The van der Waals surface area contributed by atoms with Crippen molar-refractivity contribution in [1.82, 2.24) is 14.9 Å². The predicted octanol–water partition coefficient (Wildman–Crippen LogP) is 4.42. The zero-order valence-corrected chi connectivity index (χ0v) is 15.4. The SMILES string of the molecule is C=C(C)C(=O)NC(C)c1nc2ccccc2n1CCCc1ccccc1. The lowest BCUT2D eigenvalue weighted by molar-refractivity contribution is -0.118. The number of hydrogen-bond donors (Lipinski definition) is 1. The van der Waals surface area contributed by atoms with Crippen molar-refractivity contribution in [2.45, 2.75) is 39.3 Å². The van der Waals surface area contributed by atoms with Crippen molar-refractivity contribution in [3.05, 3.63) is 78.1 Å². The number of imidazole rings is 1. The molecule has 3 rings (SSSR count). The van der Waals surface area contributed by atoms with E-state index in [1.54, 1.807) is 6.92 Å². The molecule has 134 valence electrons. The zero-order valence-electron chi connectivity index (χ0n) is 15.4. The maximum atomic E-state index is 12.0. The summed E-state index contributed by atoms with van der Waals surface area (Å²) in [5.74, 6) is 0.745. The standard InChI is InChI=1S/C22H25N3O/c1-16(2)22(26)23-17(3)21-24-19-13-7-8-14-20(19)25(21)15-9-12-18-10-5-4-6-11-18/h4-8,10-11,13-14,17H,1,9,12,15H2,2-3H3,(H,23,26). The van der Waals surface area contributed by atoms with Gasteiger partial charge in [0.1, 0.15) is 5.82 Å². The summed E-state index contributed by atoms with van der Waals surface area (Å²) in [5.41, 5.74) is 3.90. The molecule has 3 aromatic rings. The third-order valence-electron chi connectivity index (χ3n) is 4.50. The van der Waals surface area contributed by atoms with Gasteiger partial charge in [0.15, 0.2) is 0 Å². The summed E-state index contributed by atoms with van der Waals surface area (Å²) >= 11 is 0. The van der Waals surface area contributed by atoms with Crippen LogP contribution in [0.15, 0.2) is 66.7 Å². The van der Waals surface area contributed by atoms with Crippen LogP contribution in [0.25, 0.3) is 11.0 Å². The molecule has 4 nitrogen and oxygen atoms in total. The molecule has 2 aromatic carbocycles. The highest BCUT2D eigenvalue weighted by molar-refractivity contribution is 5.92. The van der Waals surface area contributed by atoms with Crippen LogP contribution in [0.4, 0.5) is 0 Å². The fourth-order valence-electron chi connectivity index (χ4n) is 3.13. The van der Waals surface area contributed by atoms with Gasteiger partial charge >= 0.3 is 0 Å². The lowest BCUT2D eigenvalue weighted by atomic mass is 10.1. The molecule has 1 aromatic heterocycles. The maximum absolute atomic E-state index is 12.0. The Hall–Kier alpha value is -2.88. The second kappa shape index (κ2) is 8.00. The van der Waals surface area contributed by atoms with Gasteiger partial charge in [0.2, 0.25) is 5.91 Å². The number of carbonyl (C=O) groups excluding carboxylic acids is 1. The normalized spacial score (nSPS) is 12.1. The third-order valence-corrected chi connectivity index (χ3v) is 4.50. The van der Waals surface area contributed by atoms with Gasteiger partial charge in [0.05, 0.1) is 17.1 Å². The predicted molar refractivity (Wildman–Crippen MR) is 106 cm³/mol. The average molecular weight is 347 g/mol. The van der Waals surface area contributed by atoms with Crippen LogP contribution in [-0.2, 0) is 17.8 Å². The Morgan fingerprint density at radius 1 is 1.15 bits per heavy atom. The van der Waals surface area contributed by atoms with Gasteiger partial charge in [-0.15, -0.1) is 0 Å². The lowest BCUT2D eigenvalue weighted by Gasteiger charge is -2.16. The first-order chi connectivity index (χ1) is 12.6. The van der Waals surface area contributed by atoms with Crippen LogP contribution in [0.3, 0.4) is 0 Å². The van der Waals surface area contributed by atoms with Crippen LogP contribution in [0.2, 0.25) is 0 Å². The highest BCUT2D eigenvalue weighted by Crippen LogP contribution is 2.22. The molecular formula is C22H25N3O. The molecule has 0 aliphatic rings. The molecule has 1 amide bonds. The van der Waals surface area contributed by atoms with E-state index in [1.807, 2.05) is 31.2 Å². The van der Waals surface area contributed by atoms with Gasteiger partial charge in [0.25, 0.3) is 0 Å². The average Bonchev–Trinajstić information content (AvgIpc) is 3.01. The highest BCUT2D eigenvalue weighted by atomic mass is 16.1. The number of para-hydroxylation sites is 2. The third kappa shape index (κ3) is 4.02. The van der Waals surface area contributed by atoms with Gasteiger partial charge in [-0.25, -0.2) is 4.98 Å². The summed E-state index contributed by atoms with van der Waals surface area (Å²) in [6.45, 7) is 8.25. The number of aromatic nitrogens is 2. The van der Waals surface area contributed by atoms with Crippen molar-refractivity contribution in [3.63, 3.8) is 0 Å². The number of nitrogens with zero attached hydrogens (tertiary/aromatic N) is 2. The first-order valence-electron chi connectivity index (χ1n) is 9.01. The first-order valence-corrected chi connectivity index (χ1v) is 9.01. The van der Waals surface area contributed by atoms with Gasteiger partial charge in [-0.1, -0.05) is 49.0 Å². The maximum Gasteiger partial charge on any atom is 0.246 e. The Morgan fingerprint density at radius 3 is 2.58 bits per heavy atom. The summed E-state index contributed by atoms with van der Waals surface area (Å²) in [6, 6.07) is 18.4. The molecule has 0 radical (unpaired) electrons. The summed E-state index contributed by atoms with van der Waals surface area (Å²) in [7, 11) is 0. The van der Waals surface area contributed by atoms with Crippen molar-refractivity contribution in [1.29, 1.82) is 0 Å². The number of rotatable bonds is 7. The largest absolute Gasteiger partial charge is 0.343 e. The Kier molecular flexibility index (Phi) is 5.52. The molecule has 0 fully saturated rings. The summed E-state index contributed by atoms with van der Waals surface area (Å²) in [6.07, 6.45) is 2.03. The number of benzene rings is 2. The second-order valence-electron chi connectivity index (χ2n) is 6.67. The van der Waals surface area contributed by atoms with E-state index in [2.05, 4.69) is 46.8 Å². The number of fused-ring (bicyclic) bond motifs is 1. The molecular weight excluding hydrogens is 322 g/mol. The van der Waals surface area contributed by atoms with Gasteiger partial charge in [0, 0.05) is 12.1 Å². The van der Waals surface area contributed by atoms with Crippen LogP contribution in [-0.4, -0.2) is 15.5 Å². The van der Waals surface area contributed by atoms with E-state index in [4.69, 9.17) is 4.98 Å². The van der Waals surface area contributed by atoms with Crippen molar-refractivity contribution in [2.24, 2.45) is 0 Å². The molecule has 0 saturated carbocycles. The molecule has 0 bridgehead atoms. The topological polar surface area (TPSA) is 46.9 Å². The molecule has 26 heavy (non-hydrogen) atoms. The molecule has 1 N–H and O–H groups in total. The second-order valence-corrected chi connectivity index (χ2v) is 6.67. The van der Waals surface area contributed by atoms with E-state index in [1.165, 1.54) is 5.56 Å². The van der Waals surface area contributed by atoms with Gasteiger partial charge in [-0.3, -0.25) is 4.79 Å². The van der Waals surface area contributed by atoms with E-state index in [0.29, 0.717) is 5.57 Å². The smallest absolute Gasteiger partial charge is 0.246 e. The number of nitrogens with one attached hydrogen (secondary N) is 1. The van der Waals surface area contributed by atoms with Crippen molar-refractivity contribution in [3.8, 4) is 0 Å². The van der Waals surface area contributed by atoms with E-state index in [0.717, 1.165) is 36.2 Å². The van der Waals surface area contributed by atoms with E-state index in [-0.39, 0.29) is 11.9 Å². The number of hydrogen-bond acceptors (Lipinski definition) is 2. The summed E-state index contributed by atoms with van der Waals surface area (Å²) in [5, 5.41) is 2.98. The first kappa shape index (κ1) is 17.9. The molecule has 1 unspecified atom stereocenters. The monoisotopic (exact) mass is 347 g/mol. The van der Waals surface area contributed by atoms with Crippen LogP contribution >= 0.6 is 0 Å². The Morgan fingerprint density at radius 2 is 1.85 bits per heavy atom. The van der Waals surface area contributed by atoms with Crippen LogP contribution in [0.1, 0.15) is 37.7 Å². The minimum Gasteiger partial charge on any atom is -0.343 e. The number of aryl methyl sites for hydroxylation is 2. The molecule has 0 aliphatic carbocycles. The van der Waals surface area contributed by atoms with Gasteiger partial charge < -0.3 is 9.88 Å². The van der Waals surface area contributed by atoms with E-state index in [9.17, 15) is 4.79 Å². The number of carbonyl (C=O) groups is 1. The van der Waals surface area contributed by atoms with Crippen molar-refractivity contribution < 1.29 is 4.79 Å². The molecule has 1 atom stereocenters. The Bertz CT molecular complexity index is 912. The minimum absolute atomic E-state index is 0.139. The molecule has 0 spiro atoms. The lowest BCUT2D eigenvalue weighted by Crippen LogP contribution is -2.29. The van der Waals surface area contributed by atoms with Crippen LogP contribution in [0.5, 0.6) is 0 Å². The van der Waals surface area contributed by atoms with E-state index >= 15 is 0 Å². The summed E-state index contributed by atoms with van der Waals surface area (Å²) in [4.78, 5) is 16.8. The van der Waals surface area contributed by atoms with Crippen molar-refractivity contribution >= 4 is 16.9 Å². The van der Waals surface area contributed by atoms with Gasteiger partial charge in [-0.2, -0.15) is 0 Å². The molecule has 1 heterocycles. The fourth-order valence-corrected chi connectivity index (χ4v) is 3.13. The highest BCUT2D eigenvalue weighted by Gasteiger charge is 2.18. The van der Waals surface area contributed by atoms with E-state index < -0.39 is 0 Å². The minimum atomic E-state index is -0.177. The fraction of sp³-hybridized carbons (Fsp3) is 0.273. The van der Waals surface area contributed by atoms with Gasteiger partial charge in [-0.05, 0) is 44.4 Å². The molecule has 0 saturated heterocycles. The Labute approximate surface area is 154 Å².